The second-order valence-corrected chi connectivity index (χ2v) is 7.33. The van der Waals surface area contributed by atoms with E-state index in [1.165, 1.54) is 0 Å². The van der Waals surface area contributed by atoms with Gasteiger partial charge in [0.25, 0.3) is 11.8 Å². The fraction of sp³-hybridized carbons (Fsp3) is 0.217. The highest BCUT2D eigenvalue weighted by Gasteiger charge is 2.17. The van der Waals surface area contributed by atoms with Gasteiger partial charge >= 0.3 is 0 Å². The minimum absolute atomic E-state index is 0.0442. The van der Waals surface area contributed by atoms with Gasteiger partial charge in [0.1, 0.15) is 5.70 Å². The van der Waals surface area contributed by atoms with Crippen LogP contribution in [-0.4, -0.2) is 59.1 Å². The van der Waals surface area contributed by atoms with Crippen LogP contribution >= 0.6 is 0 Å². The summed E-state index contributed by atoms with van der Waals surface area (Å²) in [4.78, 5) is 18.3. The number of carbonyl (C=O) groups is 1. The Balaban J connectivity index is 1.55. The first-order valence-electron chi connectivity index (χ1n) is 9.92. The molecule has 8 heteroatoms. The summed E-state index contributed by atoms with van der Waals surface area (Å²) in [5.41, 5.74) is 4.67. The SMILES string of the molecule is CN(C)C(=O)c1ccc(C2=NC(c3nnc(-c4cccc(CCO)c4)o3)=CNC2)cc1. The average Bonchev–Trinajstić information content (AvgIpc) is 3.30. The number of aliphatic hydroxyl groups is 1. The zero-order valence-electron chi connectivity index (χ0n) is 17.4. The summed E-state index contributed by atoms with van der Waals surface area (Å²) in [7, 11) is 3.45. The van der Waals surface area contributed by atoms with Crippen molar-refractivity contribution in [3.8, 4) is 11.5 Å². The lowest BCUT2D eigenvalue weighted by atomic mass is 10.1. The Bertz CT molecular complexity index is 1150. The van der Waals surface area contributed by atoms with Gasteiger partial charge in [0, 0.05) is 38.0 Å². The van der Waals surface area contributed by atoms with Crippen LogP contribution in [0.15, 0.2) is 64.1 Å². The van der Waals surface area contributed by atoms with Gasteiger partial charge in [-0.25, -0.2) is 4.99 Å². The van der Waals surface area contributed by atoms with Crippen LogP contribution in [0, 0.1) is 0 Å². The number of amides is 1. The quantitative estimate of drug-likeness (QED) is 0.638. The summed E-state index contributed by atoms with van der Waals surface area (Å²) in [6, 6.07) is 15.0. The number of carbonyl (C=O) groups excluding carboxylic acids is 1. The van der Waals surface area contributed by atoms with Crippen molar-refractivity contribution in [3.05, 3.63) is 77.3 Å². The summed E-state index contributed by atoms with van der Waals surface area (Å²) in [6.45, 7) is 0.632. The van der Waals surface area contributed by atoms with Gasteiger partial charge in [-0.15, -0.1) is 10.2 Å². The van der Waals surface area contributed by atoms with Gasteiger partial charge in [-0.3, -0.25) is 4.79 Å². The topological polar surface area (TPSA) is 104 Å². The molecule has 1 aliphatic heterocycles. The predicted molar refractivity (Wildman–Crippen MR) is 118 cm³/mol. The molecule has 2 N–H and O–H groups in total. The normalized spacial score (nSPS) is 13.3. The van der Waals surface area contributed by atoms with Crippen LogP contribution in [0.3, 0.4) is 0 Å². The molecule has 1 aromatic heterocycles. The van der Waals surface area contributed by atoms with Crippen molar-refractivity contribution in [2.24, 2.45) is 4.99 Å². The van der Waals surface area contributed by atoms with Crippen molar-refractivity contribution in [1.29, 1.82) is 0 Å². The zero-order chi connectivity index (χ0) is 21.8. The van der Waals surface area contributed by atoms with Crippen LogP contribution in [0.5, 0.6) is 0 Å². The van der Waals surface area contributed by atoms with E-state index >= 15 is 0 Å². The molecule has 3 aromatic rings. The zero-order valence-corrected chi connectivity index (χ0v) is 17.4. The molecule has 0 atom stereocenters. The van der Waals surface area contributed by atoms with E-state index in [0.29, 0.717) is 36.0 Å². The maximum atomic E-state index is 12.1. The van der Waals surface area contributed by atoms with Crippen LogP contribution in [-0.2, 0) is 6.42 Å². The Labute approximate surface area is 179 Å². The van der Waals surface area contributed by atoms with Gasteiger partial charge in [-0.05, 0) is 41.8 Å². The Hall–Kier alpha value is -3.78. The van der Waals surface area contributed by atoms with Crippen LogP contribution in [0.2, 0.25) is 0 Å². The number of hydrogen-bond acceptors (Lipinski definition) is 7. The molecule has 2 heterocycles. The third kappa shape index (κ3) is 4.54. The second-order valence-electron chi connectivity index (χ2n) is 7.33. The Morgan fingerprint density at radius 3 is 2.61 bits per heavy atom. The number of benzene rings is 2. The number of nitrogens with one attached hydrogen (secondary N) is 1. The largest absolute Gasteiger partial charge is 0.415 e. The maximum absolute atomic E-state index is 12.1. The van der Waals surface area contributed by atoms with Gasteiger partial charge in [0.15, 0.2) is 0 Å². The highest BCUT2D eigenvalue weighted by molar-refractivity contribution is 6.06. The first-order chi connectivity index (χ1) is 15.0. The van der Waals surface area contributed by atoms with E-state index in [4.69, 9.17) is 9.52 Å². The monoisotopic (exact) mass is 417 g/mol. The molecule has 0 radical (unpaired) electrons. The number of aliphatic imine (C=N–C) groups is 1. The van der Waals surface area contributed by atoms with E-state index in [-0.39, 0.29) is 12.5 Å². The van der Waals surface area contributed by atoms with Gasteiger partial charge in [-0.2, -0.15) is 0 Å². The molecule has 31 heavy (non-hydrogen) atoms. The summed E-state index contributed by atoms with van der Waals surface area (Å²) in [6.07, 6.45) is 2.31. The van der Waals surface area contributed by atoms with Gasteiger partial charge < -0.3 is 19.7 Å². The Morgan fingerprint density at radius 2 is 1.87 bits per heavy atom. The molecule has 1 aliphatic rings. The number of nitrogens with zero attached hydrogens (tertiary/aromatic N) is 4. The van der Waals surface area contributed by atoms with Gasteiger partial charge in [-0.1, -0.05) is 24.3 Å². The number of aromatic nitrogens is 2. The minimum atomic E-state index is -0.0442. The lowest BCUT2D eigenvalue weighted by molar-refractivity contribution is 0.0827. The molecule has 0 saturated heterocycles. The molecular weight excluding hydrogens is 394 g/mol. The molecule has 0 spiro atoms. The maximum Gasteiger partial charge on any atom is 0.268 e. The fourth-order valence-electron chi connectivity index (χ4n) is 3.23. The summed E-state index contributed by atoms with van der Waals surface area (Å²) in [5.74, 6) is 0.661. The summed E-state index contributed by atoms with van der Waals surface area (Å²) >= 11 is 0. The molecule has 0 saturated carbocycles. The Morgan fingerprint density at radius 1 is 1.10 bits per heavy atom. The van der Waals surface area contributed by atoms with Crippen LogP contribution in [0.1, 0.15) is 27.4 Å². The third-order valence-corrected chi connectivity index (χ3v) is 4.85. The molecule has 1 amide bonds. The minimum Gasteiger partial charge on any atom is -0.415 e. The molecular formula is C23H23N5O3. The summed E-state index contributed by atoms with van der Waals surface area (Å²) < 4.78 is 5.85. The lowest BCUT2D eigenvalue weighted by Crippen LogP contribution is -2.24. The number of aliphatic hydroxyl groups excluding tert-OH is 1. The fourth-order valence-corrected chi connectivity index (χ4v) is 3.23. The first kappa shape index (κ1) is 20.5. The first-order valence-corrected chi connectivity index (χ1v) is 9.92. The lowest BCUT2D eigenvalue weighted by Gasteiger charge is -2.14. The van der Waals surface area contributed by atoms with Gasteiger partial charge in [0.05, 0.1) is 12.3 Å². The molecule has 0 bridgehead atoms. The molecule has 0 aliphatic carbocycles. The molecule has 8 nitrogen and oxygen atoms in total. The number of rotatable bonds is 6. The van der Waals surface area contributed by atoms with E-state index in [9.17, 15) is 4.79 Å². The highest BCUT2D eigenvalue weighted by atomic mass is 16.4. The van der Waals surface area contributed by atoms with E-state index in [1.807, 2.05) is 36.4 Å². The standard InChI is InChI=1S/C23H23N5O3/c1-28(2)23(30)17-8-6-16(7-9-17)19-13-24-14-20(25-19)22-27-26-21(31-22)18-5-3-4-15(12-18)10-11-29/h3-9,12,14,24,29H,10-11,13H2,1-2H3. The third-order valence-electron chi connectivity index (χ3n) is 4.85. The Kier molecular flexibility index (Phi) is 5.90. The molecule has 2 aromatic carbocycles. The van der Waals surface area contributed by atoms with Crippen molar-refractivity contribution in [1.82, 2.24) is 20.4 Å². The van der Waals surface area contributed by atoms with E-state index in [1.54, 1.807) is 37.3 Å². The van der Waals surface area contributed by atoms with Crippen molar-refractivity contribution >= 4 is 17.3 Å². The average molecular weight is 417 g/mol. The van der Waals surface area contributed by atoms with Crippen molar-refractivity contribution < 1.29 is 14.3 Å². The smallest absolute Gasteiger partial charge is 0.268 e. The molecule has 0 unspecified atom stereocenters. The summed E-state index contributed by atoms with van der Waals surface area (Å²) in [5, 5.41) is 20.6. The van der Waals surface area contributed by atoms with Crippen molar-refractivity contribution in [2.45, 2.75) is 6.42 Å². The van der Waals surface area contributed by atoms with E-state index < -0.39 is 0 Å². The van der Waals surface area contributed by atoms with Crippen LogP contribution < -0.4 is 5.32 Å². The van der Waals surface area contributed by atoms with Crippen LogP contribution in [0.4, 0.5) is 0 Å². The van der Waals surface area contributed by atoms with Gasteiger partial charge in [0.2, 0.25) is 5.89 Å². The highest BCUT2D eigenvalue weighted by Crippen LogP contribution is 2.24. The van der Waals surface area contributed by atoms with E-state index in [2.05, 4.69) is 20.5 Å². The van der Waals surface area contributed by atoms with Crippen molar-refractivity contribution in [3.63, 3.8) is 0 Å². The molecule has 4 rings (SSSR count). The second kappa shape index (κ2) is 8.93. The molecule has 158 valence electrons. The van der Waals surface area contributed by atoms with E-state index in [0.717, 1.165) is 22.4 Å². The van der Waals surface area contributed by atoms with Crippen molar-refractivity contribution in [2.75, 3.05) is 27.2 Å². The predicted octanol–water partition coefficient (Wildman–Crippen LogP) is 2.36. The molecule has 0 fully saturated rings. The van der Waals surface area contributed by atoms with Crippen LogP contribution in [0.25, 0.3) is 17.2 Å². The number of hydrogen-bond donors (Lipinski definition) is 2.